The Bertz CT molecular complexity index is 1410. The highest BCUT2D eigenvalue weighted by Crippen LogP contribution is 2.23. The van der Waals surface area contributed by atoms with Crippen LogP contribution in [0.3, 0.4) is 0 Å². The molecule has 3 aromatic rings. The first-order chi connectivity index (χ1) is 19.3. The molecule has 3 rings (SSSR count). The Balaban J connectivity index is 1.47. The zero-order valence-corrected chi connectivity index (χ0v) is 24.3. The maximum Gasteiger partial charge on any atom is 0.407 e. The van der Waals surface area contributed by atoms with Crippen LogP contribution in [0.4, 0.5) is 16.4 Å². The van der Waals surface area contributed by atoms with Crippen LogP contribution in [0.2, 0.25) is 5.15 Å². The molecule has 220 valence electrons. The predicted molar refractivity (Wildman–Crippen MR) is 160 cm³/mol. The number of benzene rings is 2. The van der Waals surface area contributed by atoms with Gasteiger partial charge in [-0.3, -0.25) is 15.1 Å². The summed E-state index contributed by atoms with van der Waals surface area (Å²) < 4.78 is 11.0. The van der Waals surface area contributed by atoms with Gasteiger partial charge in [-0.05, 0) is 74.9 Å². The molecule has 0 saturated carbocycles. The molecule has 0 aliphatic heterocycles. The van der Waals surface area contributed by atoms with E-state index in [1.807, 2.05) is 45.0 Å². The van der Waals surface area contributed by atoms with Gasteiger partial charge in [-0.25, -0.2) is 14.8 Å². The van der Waals surface area contributed by atoms with Crippen molar-refractivity contribution in [1.29, 1.82) is 5.41 Å². The summed E-state index contributed by atoms with van der Waals surface area (Å²) in [7, 11) is 0. The van der Waals surface area contributed by atoms with Crippen LogP contribution < -0.4 is 27.3 Å². The Hall–Kier alpha value is -4.32. The highest BCUT2D eigenvalue weighted by Gasteiger charge is 2.24. The molecule has 8 N–H and O–H groups in total. The first-order valence-corrected chi connectivity index (χ1v) is 13.6. The van der Waals surface area contributed by atoms with E-state index in [1.54, 1.807) is 0 Å². The lowest BCUT2D eigenvalue weighted by atomic mass is 10.0. The van der Waals surface area contributed by atoms with Gasteiger partial charge in [-0.15, -0.1) is 0 Å². The molecule has 0 bridgehead atoms. The highest BCUT2D eigenvalue weighted by atomic mass is 35.5. The number of rotatable bonds is 11. The van der Waals surface area contributed by atoms with E-state index in [4.69, 9.17) is 43.7 Å². The lowest BCUT2D eigenvalue weighted by Crippen LogP contribution is -2.42. The van der Waals surface area contributed by atoms with Crippen molar-refractivity contribution >= 4 is 52.0 Å². The third-order valence-corrected chi connectivity index (χ3v) is 6.15. The second-order valence-electron chi connectivity index (χ2n) is 10.4. The molecule has 0 fully saturated rings. The number of amides is 2. The van der Waals surface area contributed by atoms with Gasteiger partial charge in [0, 0.05) is 13.1 Å². The second kappa shape index (κ2) is 13.8. The van der Waals surface area contributed by atoms with Crippen LogP contribution in [0.25, 0.3) is 10.8 Å². The number of aryl methyl sites for hydroxylation is 1. The predicted octanol–water partition coefficient (Wildman–Crippen LogP) is 4.10. The van der Waals surface area contributed by atoms with E-state index < -0.39 is 23.6 Å². The van der Waals surface area contributed by atoms with Crippen LogP contribution in [0.15, 0.2) is 36.4 Å². The van der Waals surface area contributed by atoms with Crippen LogP contribution in [0, 0.1) is 5.41 Å². The standard InChI is InChI=1S/C28H37ClN8O4/c1-28(2,3)41-27(39)34-12-6-14-40-20-11-10-18-15-17(8-9-19(18)16-20)7-4-5-13-37(26(32)33)25(38)21-23(30)36-24(31)22(29)35-21/h8-11,15-16H,4-7,12-14H2,1-3H3,(H3,32,33)(H,34,39)(H4,30,31,36). The maximum absolute atomic E-state index is 12.9. The number of hydrogen-bond acceptors (Lipinski definition) is 9. The number of anilines is 2. The Labute approximate surface area is 244 Å². The molecular weight excluding hydrogens is 548 g/mol. The summed E-state index contributed by atoms with van der Waals surface area (Å²) in [4.78, 5) is 33.4. The number of nitrogens with one attached hydrogen (secondary N) is 2. The third-order valence-electron chi connectivity index (χ3n) is 5.87. The molecule has 0 atom stereocenters. The summed E-state index contributed by atoms with van der Waals surface area (Å²) >= 11 is 5.89. The van der Waals surface area contributed by atoms with Gasteiger partial charge >= 0.3 is 6.09 Å². The van der Waals surface area contributed by atoms with Crippen molar-refractivity contribution in [3.8, 4) is 5.75 Å². The molecule has 0 aliphatic rings. The molecule has 2 aromatic carbocycles. The minimum atomic E-state index is -0.660. The third kappa shape index (κ3) is 9.38. The number of halogens is 1. The fourth-order valence-electron chi connectivity index (χ4n) is 3.94. The molecular formula is C28H37ClN8O4. The van der Waals surface area contributed by atoms with Gasteiger partial charge < -0.3 is 32.0 Å². The Morgan fingerprint density at radius 3 is 2.44 bits per heavy atom. The van der Waals surface area contributed by atoms with Crippen molar-refractivity contribution < 1.29 is 19.1 Å². The number of nitrogens with zero attached hydrogens (tertiary/aromatic N) is 3. The number of guanidine groups is 1. The van der Waals surface area contributed by atoms with E-state index >= 15 is 0 Å². The number of nitrogens with two attached hydrogens (primary N) is 3. The Morgan fingerprint density at radius 1 is 1.02 bits per heavy atom. The van der Waals surface area contributed by atoms with E-state index in [-0.39, 0.29) is 29.0 Å². The fraction of sp³-hybridized carbons (Fsp3) is 0.393. The molecule has 0 spiro atoms. The normalized spacial score (nSPS) is 11.2. The summed E-state index contributed by atoms with van der Waals surface area (Å²) in [5.41, 5.74) is 17.4. The maximum atomic E-state index is 12.9. The molecule has 0 radical (unpaired) electrons. The summed E-state index contributed by atoms with van der Waals surface area (Å²) in [6, 6.07) is 12.1. The molecule has 1 aromatic heterocycles. The van der Waals surface area contributed by atoms with Gasteiger partial charge in [0.25, 0.3) is 5.91 Å². The first-order valence-electron chi connectivity index (χ1n) is 13.2. The van der Waals surface area contributed by atoms with Crippen molar-refractivity contribution in [3.63, 3.8) is 0 Å². The molecule has 0 saturated heterocycles. The van der Waals surface area contributed by atoms with E-state index in [9.17, 15) is 9.59 Å². The molecule has 2 amide bonds. The average Bonchev–Trinajstić information content (AvgIpc) is 2.89. The monoisotopic (exact) mass is 584 g/mol. The van der Waals surface area contributed by atoms with Gasteiger partial charge in [0.2, 0.25) is 0 Å². The first kappa shape index (κ1) is 31.2. The highest BCUT2D eigenvalue weighted by molar-refractivity contribution is 6.31. The average molecular weight is 585 g/mol. The molecule has 13 heteroatoms. The number of hydrogen-bond donors (Lipinski definition) is 5. The largest absolute Gasteiger partial charge is 0.494 e. The van der Waals surface area contributed by atoms with Crippen molar-refractivity contribution in [3.05, 3.63) is 52.8 Å². The number of fused-ring (bicyclic) bond motifs is 1. The lowest BCUT2D eigenvalue weighted by Gasteiger charge is -2.20. The number of alkyl carbamates (subject to hydrolysis) is 1. The molecule has 41 heavy (non-hydrogen) atoms. The SMILES string of the molecule is CC(C)(C)OC(=O)NCCCOc1ccc2cc(CCCCN(C(=N)N)C(=O)c3nc(Cl)c(N)nc3N)ccc2c1. The van der Waals surface area contributed by atoms with Gasteiger partial charge in [0.15, 0.2) is 28.4 Å². The quantitative estimate of drug-likeness (QED) is 0.125. The zero-order valence-electron chi connectivity index (χ0n) is 23.5. The topological polar surface area (TPSA) is 196 Å². The molecule has 0 aliphatic carbocycles. The van der Waals surface area contributed by atoms with Crippen LogP contribution in [0.5, 0.6) is 5.75 Å². The van der Waals surface area contributed by atoms with Gasteiger partial charge in [-0.2, -0.15) is 0 Å². The van der Waals surface area contributed by atoms with Crippen LogP contribution in [-0.2, 0) is 11.2 Å². The number of nitrogen functional groups attached to an aromatic ring is 2. The van der Waals surface area contributed by atoms with Crippen molar-refractivity contribution in [1.82, 2.24) is 20.2 Å². The van der Waals surface area contributed by atoms with Gasteiger partial charge in [0.1, 0.15) is 11.4 Å². The summed E-state index contributed by atoms with van der Waals surface area (Å²) in [5.74, 6) is -0.592. The van der Waals surface area contributed by atoms with Gasteiger partial charge in [-0.1, -0.05) is 35.9 Å². The summed E-state index contributed by atoms with van der Waals surface area (Å²) in [6.45, 7) is 6.59. The minimum absolute atomic E-state index is 0.0843. The summed E-state index contributed by atoms with van der Waals surface area (Å²) in [6.07, 6.45) is 2.33. The van der Waals surface area contributed by atoms with Crippen LogP contribution >= 0.6 is 11.6 Å². The molecule has 1 heterocycles. The smallest absolute Gasteiger partial charge is 0.407 e. The molecule has 0 unspecified atom stereocenters. The number of aromatic nitrogens is 2. The number of carbonyl (C=O) groups is 2. The zero-order chi connectivity index (χ0) is 30.2. The van der Waals surface area contributed by atoms with Crippen molar-refractivity contribution in [2.45, 2.75) is 52.1 Å². The Kier molecular flexibility index (Phi) is 10.5. The van der Waals surface area contributed by atoms with E-state index in [0.717, 1.165) is 39.8 Å². The number of ether oxygens (including phenoxy) is 2. The number of carbonyl (C=O) groups excluding carboxylic acids is 2. The molecule has 12 nitrogen and oxygen atoms in total. The minimum Gasteiger partial charge on any atom is -0.494 e. The second-order valence-corrected chi connectivity index (χ2v) is 10.8. The van der Waals surface area contributed by atoms with Crippen LogP contribution in [-0.4, -0.2) is 58.1 Å². The van der Waals surface area contributed by atoms with Gasteiger partial charge in [0.05, 0.1) is 6.61 Å². The lowest BCUT2D eigenvalue weighted by molar-refractivity contribution is 0.0525. The van der Waals surface area contributed by atoms with E-state index in [1.165, 1.54) is 0 Å². The van der Waals surface area contributed by atoms with E-state index in [0.29, 0.717) is 26.0 Å². The van der Waals surface area contributed by atoms with Crippen molar-refractivity contribution in [2.24, 2.45) is 5.73 Å². The van der Waals surface area contributed by atoms with Crippen LogP contribution in [0.1, 0.15) is 56.1 Å². The van der Waals surface area contributed by atoms with Crippen molar-refractivity contribution in [2.75, 3.05) is 31.2 Å². The fourth-order valence-corrected chi connectivity index (χ4v) is 4.07. The number of unbranched alkanes of at least 4 members (excludes halogenated alkanes) is 1. The summed E-state index contributed by atoms with van der Waals surface area (Å²) in [5, 5.41) is 12.5. The van der Waals surface area contributed by atoms with E-state index in [2.05, 4.69) is 27.4 Å². The Morgan fingerprint density at radius 2 is 1.73 bits per heavy atom.